The summed E-state index contributed by atoms with van der Waals surface area (Å²) < 4.78 is 12.5. The van der Waals surface area contributed by atoms with E-state index in [-0.39, 0.29) is 5.91 Å². The predicted octanol–water partition coefficient (Wildman–Crippen LogP) is 3.30. The quantitative estimate of drug-likeness (QED) is 0.767. The fraction of sp³-hybridized carbons (Fsp3) is 0.500. The number of ether oxygens (including phenoxy) is 2. The van der Waals surface area contributed by atoms with E-state index >= 15 is 0 Å². The van der Waals surface area contributed by atoms with Crippen molar-refractivity contribution in [2.75, 3.05) is 25.1 Å². The van der Waals surface area contributed by atoms with Crippen LogP contribution in [-0.2, 0) is 16.1 Å². The third kappa shape index (κ3) is 4.58. The van der Waals surface area contributed by atoms with E-state index < -0.39 is 17.2 Å². The molecule has 8 heteroatoms. The summed E-state index contributed by atoms with van der Waals surface area (Å²) in [4.78, 5) is 28.9. The monoisotopic (exact) mass is 414 g/mol. The molecule has 2 heterocycles. The van der Waals surface area contributed by atoms with E-state index in [2.05, 4.69) is 5.10 Å². The van der Waals surface area contributed by atoms with Crippen LogP contribution >= 0.6 is 0 Å². The molecule has 0 spiro atoms. The van der Waals surface area contributed by atoms with Gasteiger partial charge in [0.2, 0.25) is 0 Å². The van der Waals surface area contributed by atoms with Crippen LogP contribution in [0.5, 0.6) is 5.75 Å². The molecule has 0 bridgehead atoms. The maximum atomic E-state index is 13.2. The molecular weight excluding hydrogens is 384 g/mol. The van der Waals surface area contributed by atoms with Crippen LogP contribution in [0, 0.1) is 0 Å². The molecule has 0 saturated carbocycles. The van der Waals surface area contributed by atoms with Crippen LogP contribution in [0.1, 0.15) is 40.2 Å². The Morgan fingerprint density at radius 2 is 1.83 bits per heavy atom. The molecular formula is C22H30N4O4. The molecule has 0 aliphatic carbocycles. The molecule has 1 aliphatic rings. The molecule has 3 rings (SSSR count). The molecule has 1 saturated heterocycles. The van der Waals surface area contributed by atoms with Crippen molar-refractivity contribution in [3.63, 3.8) is 0 Å². The van der Waals surface area contributed by atoms with E-state index in [4.69, 9.17) is 9.47 Å². The van der Waals surface area contributed by atoms with Crippen molar-refractivity contribution in [2.45, 2.75) is 52.3 Å². The first-order chi connectivity index (χ1) is 14.0. The summed E-state index contributed by atoms with van der Waals surface area (Å²) in [6.45, 7) is 10.3. The van der Waals surface area contributed by atoms with Crippen LogP contribution in [0.4, 0.5) is 10.5 Å². The molecule has 2 aromatic rings. The van der Waals surface area contributed by atoms with Gasteiger partial charge in [-0.25, -0.2) is 4.79 Å². The Morgan fingerprint density at radius 3 is 2.43 bits per heavy atom. The molecule has 30 heavy (non-hydrogen) atoms. The van der Waals surface area contributed by atoms with Crippen molar-refractivity contribution in [3.05, 3.63) is 42.2 Å². The fourth-order valence-electron chi connectivity index (χ4n) is 3.41. The lowest BCUT2D eigenvalue weighted by Crippen LogP contribution is -2.65. The van der Waals surface area contributed by atoms with Crippen molar-refractivity contribution in [1.82, 2.24) is 14.7 Å². The first-order valence-corrected chi connectivity index (χ1v) is 9.99. The van der Waals surface area contributed by atoms with E-state index in [1.54, 1.807) is 36.7 Å². The number of hydrogen-bond donors (Lipinski definition) is 0. The minimum atomic E-state index is -1.02. The predicted molar refractivity (Wildman–Crippen MR) is 114 cm³/mol. The minimum Gasteiger partial charge on any atom is -0.497 e. The standard InChI is InChI=1S/C22H30N4O4/c1-21(2,3)30-20(28)26-12-11-25(19(27)22(26,4)5)17-13-23-24(15-17)14-16-7-9-18(29-6)10-8-16/h7-10,13,15H,11-12,14H2,1-6H3. The second-order valence-electron chi connectivity index (χ2n) is 8.89. The summed E-state index contributed by atoms with van der Waals surface area (Å²) in [7, 11) is 1.63. The van der Waals surface area contributed by atoms with Crippen LogP contribution in [0.15, 0.2) is 36.7 Å². The third-order valence-corrected chi connectivity index (χ3v) is 5.04. The molecule has 0 N–H and O–H groups in total. The molecule has 1 aromatic carbocycles. The minimum absolute atomic E-state index is 0.163. The third-order valence-electron chi connectivity index (χ3n) is 5.04. The number of hydrogen-bond acceptors (Lipinski definition) is 5. The number of amides is 2. The van der Waals surface area contributed by atoms with Gasteiger partial charge in [0.1, 0.15) is 16.9 Å². The van der Waals surface area contributed by atoms with Gasteiger partial charge in [0, 0.05) is 19.3 Å². The normalized spacial score (nSPS) is 16.5. The molecule has 2 amide bonds. The molecule has 162 valence electrons. The van der Waals surface area contributed by atoms with Crippen molar-refractivity contribution >= 4 is 17.7 Å². The maximum absolute atomic E-state index is 13.2. The molecule has 1 aromatic heterocycles. The zero-order valence-corrected chi connectivity index (χ0v) is 18.5. The lowest BCUT2D eigenvalue weighted by molar-refractivity contribution is -0.131. The van der Waals surface area contributed by atoms with E-state index in [0.717, 1.165) is 11.3 Å². The summed E-state index contributed by atoms with van der Waals surface area (Å²) in [5.41, 5.74) is 0.159. The van der Waals surface area contributed by atoms with Gasteiger partial charge in [0.05, 0.1) is 25.5 Å². The van der Waals surface area contributed by atoms with Crippen LogP contribution in [0.2, 0.25) is 0 Å². The van der Waals surface area contributed by atoms with E-state index in [1.807, 2.05) is 51.2 Å². The molecule has 0 unspecified atom stereocenters. The summed E-state index contributed by atoms with van der Waals surface area (Å²) in [6, 6.07) is 7.77. The Morgan fingerprint density at radius 1 is 1.17 bits per heavy atom. The highest BCUT2D eigenvalue weighted by molar-refractivity contribution is 6.02. The van der Waals surface area contributed by atoms with E-state index in [9.17, 15) is 9.59 Å². The Labute approximate surface area is 177 Å². The summed E-state index contributed by atoms with van der Waals surface area (Å²) in [5, 5.41) is 4.40. The maximum Gasteiger partial charge on any atom is 0.411 e. The van der Waals surface area contributed by atoms with Crippen molar-refractivity contribution < 1.29 is 19.1 Å². The number of methoxy groups -OCH3 is 1. The molecule has 0 atom stereocenters. The number of rotatable bonds is 4. The van der Waals surface area contributed by atoms with Crippen LogP contribution in [-0.4, -0.2) is 58.0 Å². The van der Waals surface area contributed by atoms with Gasteiger partial charge in [0.15, 0.2) is 0 Å². The van der Waals surface area contributed by atoms with Crippen LogP contribution in [0.25, 0.3) is 0 Å². The van der Waals surface area contributed by atoms with Gasteiger partial charge in [-0.1, -0.05) is 12.1 Å². The Kier molecular flexibility index (Phi) is 5.78. The zero-order chi connectivity index (χ0) is 22.1. The largest absolute Gasteiger partial charge is 0.497 e. The second kappa shape index (κ2) is 8.01. The zero-order valence-electron chi connectivity index (χ0n) is 18.5. The Balaban J connectivity index is 1.72. The summed E-state index contributed by atoms with van der Waals surface area (Å²) in [5.74, 6) is 0.638. The van der Waals surface area contributed by atoms with E-state index in [1.165, 1.54) is 4.90 Å². The number of aromatic nitrogens is 2. The van der Waals surface area contributed by atoms with Gasteiger partial charge < -0.3 is 14.4 Å². The van der Waals surface area contributed by atoms with Crippen molar-refractivity contribution in [2.24, 2.45) is 0 Å². The second-order valence-corrected chi connectivity index (χ2v) is 8.89. The lowest BCUT2D eigenvalue weighted by Gasteiger charge is -2.45. The summed E-state index contributed by atoms with van der Waals surface area (Å²) in [6.07, 6.45) is 3.05. The number of piperazine rings is 1. The summed E-state index contributed by atoms with van der Waals surface area (Å²) >= 11 is 0. The van der Waals surface area contributed by atoms with Gasteiger partial charge in [-0.2, -0.15) is 5.10 Å². The highest BCUT2D eigenvalue weighted by atomic mass is 16.6. The number of carbonyl (C=O) groups is 2. The average Bonchev–Trinajstić information content (AvgIpc) is 3.11. The van der Waals surface area contributed by atoms with E-state index in [0.29, 0.717) is 25.3 Å². The Hall–Kier alpha value is -3.03. The first-order valence-electron chi connectivity index (χ1n) is 9.99. The molecule has 1 aliphatic heterocycles. The van der Waals surface area contributed by atoms with Gasteiger partial charge in [0.25, 0.3) is 5.91 Å². The number of anilines is 1. The molecule has 8 nitrogen and oxygen atoms in total. The highest BCUT2D eigenvalue weighted by Crippen LogP contribution is 2.28. The van der Waals surface area contributed by atoms with Gasteiger partial charge >= 0.3 is 6.09 Å². The number of carbonyl (C=O) groups excluding carboxylic acids is 2. The fourth-order valence-corrected chi connectivity index (χ4v) is 3.41. The first kappa shape index (κ1) is 21.7. The Bertz CT molecular complexity index is 912. The average molecular weight is 415 g/mol. The van der Waals surface area contributed by atoms with Crippen molar-refractivity contribution in [3.8, 4) is 5.75 Å². The smallest absolute Gasteiger partial charge is 0.411 e. The SMILES string of the molecule is COc1ccc(Cn2cc(N3CCN(C(=O)OC(C)(C)C)C(C)(C)C3=O)cn2)cc1. The van der Waals surface area contributed by atoms with Gasteiger partial charge in [-0.3, -0.25) is 14.4 Å². The molecule has 1 fully saturated rings. The van der Waals surface area contributed by atoms with Crippen LogP contribution in [0.3, 0.4) is 0 Å². The van der Waals surface area contributed by atoms with Crippen molar-refractivity contribution in [1.29, 1.82) is 0 Å². The topological polar surface area (TPSA) is 76.9 Å². The van der Waals surface area contributed by atoms with Crippen LogP contribution < -0.4 is 9.64 Å². The van der Waals surface area contributed by atoms with Gasteiger partial charge in [-0.05, 0) is 52.3 Å². The van der Waals surface area contributed by atoms with Gasteiger partial charge in [-0.15, -0.1) is 0 Å². The number of nitrogens with zero attached hydrogens (tertiary/aromatic N) is 4. The highest BCUT2D eigenvalue weighted by Gasteiger charge is 2.46. The molecule has 0 radical (unpaired) electrons. The number of benzene rings is 1. The lowest BCUT2D eigenvalue weighted by atomic mass is 9.98.